The average molecular weight is 450 g/mol. The number of ketones is 1. The molecule has 1 amide bonds. The third kappa shape index (κ3) is 5.33. The number of carbonyl (C=O) groups is 2. The molecule has 160 valence electrons. The van der Waals surface area contributed by atoms with Crippen LogP contribution in [-0.4, -0.2) is 48.3 Å². The van der Waals surface area contributed by atoms with Crippen molar-refractivity contribution in [3.63, 3.8) is 0 Å². The van der Waals surface area contributed by atoms with Gasteiger partial charge in [0.1, 0.15) is 12.4 Å². The lowest BCUT2D eigenvalue weighted by molar-refractivity contribution is -0.117. The summed E-state index contributed by atoms with van der Waals surface area (Å²) in [5.74, 6) is -0.542. The summed E-state index contributed by atoms with van der Waals surface area (Å²) in [6.07, 6.45) is 0. The van der Waals surface area contributed by atoms with Gasteiger partial charge in [0.05, 0.1) is 11.3 Å². The van der Waals surface area contributed by atoms with Crippen LogP contribution < -0.4 is 10.1 Å². The van der Waals surface area contributed by atoms with Crippen LogP contribution in [0.5, 0.6) is 5.75 Å². The number of nitrogens with one attached hydrogen (secondary N) is 1. The predicted octanol–water partition coefficient (Wildman–Crippen LogP) is 3.69. The third-order valence-electron chi connectivity index (χ3n) is 4.70. The van der Waals surface area contributed by atoms with E-state index in [1.165, 1.54) is 0 Å². The zero-order chi connectivity index (χ0) is 21.0. The molecule has 0 unspecified atom stereocenters. The molecule has 0 atom stereocenters. The van der Waals surface area contributed by atoms with Gasteiger partial charge in [0.2, 0.25) is 0 Å². The molecule has 1 heterocycles. The van der Waals surface area contributed by atoms with Crippen LogP contribution in [0.15, 0.2) is 48.5 Å². The maximum Gasteiger partial charge on any atom is 0.292 e. The number of rotatable bonds is 8. The monoisotopic (exact) mass is 449 g/mol. The van der Waals surface area contributed by atoms with Gasteiger partial charge in [-0.25, -0.2) is 0 Å². The quantitative estimate of drug-likeness (QED) is 0.420. The fourth-order valence-electron chi connectivity index (χ4n) is 3.14. The number of nitrogens with zero attached hydrogens (tertiary/aromatic N) is 2. The van der Waals surface area contributed by atoms with Gasteiger partial charge in [0.15, 0.2) is 0 Å². The molecule has 0 spiro atoms. The normalized spacial score (nSPS) is 10.7. The van der Waals surface area contributed by atoms with Gasteiger partial charge in [-0.05, 0) is 44.4 Å². The fraction of sp³-hybridized carbons (Fsp3) is 0.273. The van der Waals surface area contributed by atoms with Crippen molar-refractivity contribution in [1.29, 1.82) is 0 Å². The van der Waals surface area contributed by atoms with Crippen LogP contribution >= 0.6 is 24.0 Å². The molecule has 3 rings (SSSR count). The van der Waals surface area contributed by atoms with Crippen molar-refractivity contribution < 1.29 is 14.3 Å². The average Bonchev–Trinajstić information content (AvgIpc) is 2.98. The molecule has 0 saturated heterocycles. The summed E-state index contributed by atoms with van der Waals surface area (Å²) in [7, 11) is 5.68. The molecule has 6 nitrogen and oxygen atoms in total. The van der Waals surface area contributed by atoms with Crippen LogP contribution in [0.25, 0.3) is 10.9 Å². The van der Waals surface area contributed by atoms with E-state index in [4.69, 9.17) is 16.3 Å². The molecule has 0 aliphatic rings. The third-order valence-corrected chi connectivity index (χ3v) is 4.95. The lowest BCUT2D eigenvalue weighted by Crippen LogP contribution is -2.36. The highest BCUT2D eigenvalue weighted by Gasteiger charge is 2.26. The molecule has 30 heavy (non-hydrogen) atoms. The summed E-state index contributed by atoms with van der Waals surface area (Å²) in [5, 5.41) is 4.05. The van der Waals surface area contributed by atoms with E-state index in [0.29, 0.717) is 35.1 Å². The minimum absolute atomic E-state index is 0. The van der Waals surface area contributed by atoms with Crippen molar-refractivity contribution in [3.05, 3.63) is 64.8 Å². The van der Waals surface area contributed by atoms with Gasteiger partial charge in [-0.2, -0.15) is 0 Å². The lowest BCUT2D eigenvalue weighted by atomic mass is 10.1. The lowest BCUT2D eigenvalue weighted by Gasteiger charge is -2.11. The second kappa shape index (κ2) is 10.5. The number of fused-ring (bicyclic) bond motifs is 1. The first-order valence-corrected chi connectivity index (χ1v) is 9.68. The Hall–Kier alpha value is -2.54. The second-order valence-corrected chi connectivity index (χ2v) is 7.47. The van der Waals surface area contributed by atoms with Crippen molar-refractivity contribution in [2.24, 2.45) is 7.05 Å². The number of aryl methyl sites for hydroxylation is 1. The molecule has 0 radical (unpaired) electrons. The van der Waals surface area contributed by atoms with Crippen LogP contribution in [-0.2, 0) is 18.4 Å². The summed E-state index contributed by atoms with van der Waals surface area (Å²) < 4.78 is 7.76. The SMILES string of the molecule is CN(C)CCNC(=O)C(=O)c1c(COc2ccc(Cl)cc2)n(C)c2ccccc12.Cl. The molecule has 8 heteroatoms. The molecule has 0 fully saturated rings. The summed E-state index contributed by atoms with van der Waals surface area (Å²) in [6.45, 7) is 1.21. The number of likely N-dealkylation sites (N-methyl/N-ethyl adjacent to an activating group) is 1. The Labute approximate surface area is 187 Å². The zero-order valence-corrected chi connectivity index (χ0v) is 18.7. The van der Waals surface area contributed by atoms with E-state index in [1.807, 2.05) is 54.9 Å². The first kappa shape index (κ1) is 23.7. The standard InChI is InChI=1S/C22H24ClN3O3.ClH/c1-25(2)13-12-24-22(28)21(27)20-17-6-4-5-7-18(17)26(3)19(20)14-29-16-10-8-15(23)9-11-16;/h4-11H,12-14H2,1-3H3,(H,24,28);1H. The molecule has 0 saturated carbocycles. The van der Waals surface area contributed by atoms with Gasteiger partial charge >= 0.3 is 0 Å². The van der Waals surface area contributed by atoms with Gasteiger partial charge in [0.25, 0.3) is 11.7 Å². The summed E-state index contributed by atoms with van der Waals surface area (Å²) in [6, 6.07) is 14.5. The molecule has 0 aliphatic carbocycles. The number of amides is 1. The number of halogens is 2. The largest absolute Gasteiger partial charge is 0.487 e. The maximum atomic E-state index is 13.0. The van der Waals surface area contributed by atoms with Crippen LogP contribution in [0.3, 0.4) is 0 Å². The summed E-state index contributed by atoms with van der Waals surface area (Å²) in [4.78, 5) is 27.4. The number of ether oxygens (including phenoxy) is 1. The molecule has 3 aromatic rings. The van der Waals surface area contributed by atoms with Crippen molar-refractivity contribution >= 4 is 46.6 Å². The number of para-hydroxylation sites is 1. The minimum atomic E-state index is -0.615. The van der Waals surface area contributed by atoms with Crippen LogP contribution in [0, 0.1) is 0 Å². The Morgan fingerprint density at radius 2 is 1.77 bits per heavy atom. The number of benzene rings is 2. The van der Waals surface area contributed by atoms with Gasteiger partial charge in [-0.3, -0.25) is 9.59 Å². The van der Waals surface area contributed by atoms with Crippen molar-refractivity contribution in [2.75, 3.05) is 27.2 Å². The highest BCUT2D eigenvalue weighted by molar-refractivity contribution is 6.45. The van der Waals surface area contributed by atoms with Gasteiger partial charge in [-0.15, -0.1) is 12.4 Å². The molecule has 2 aromatic carbocycles. The molecule has 0 bridgehead atoms. The van der Waals surface area contributed by atoms with Crippen LogP contribution in [0.2, 0.25) is 5.02 Å². The smallest absolute Gasteiger partial charge is 0.292 e. The van der Waals surface area contributed by atoms with E-state index in [1.54, 1.807) is 24.3 Å². The van der Waals surface area contributed by atoms with Crippen molar-refractivity contribution in [1.82, 2.24) is 14.8 Å². The van der Waals surface area contributed by atoms with Crippen molar-refractivity contribution in [3.8, 4) is 5.75 Å². The second-order valence-electron chi connectivity index (χ2n) is 7.03. The van der Waals surface area contributed by atoms with Crippen LogP contribution in [0.4, 0.5) is 0 Å². The van der Waals surface area contributed by atoms with Crippen molar-refractivity contribution in [2.45, 2.75) is 6.61 Å². The Balaban J connectivity index is 0.00000320. The first-order chi connectivity index (χ1) is 13.9. The molecule has 1 aromatic heterocycles. The minimum Gasteiger partial charge on any atom is -0.487 e. The predicted molar refractivity (Wildman–Crippen MR) is 122 cm³/mol. The number of hydrogen-bond donors (Lipinski definition) is 1. The van der Waals surface area contributed by atoms with E-state index in [9.17, 15) is 9.59 Å². The maximum absolute atomic E-state index is 13.0. The zero-order valence-electron chi connectivity index (χ0n) is 17.1. The number of hydrogen-bond acceptors (Lipinski definition) is 4. The topological polar surface area (TPSA) is 63.6 Å². The van der Waals surface area contributed by atoms with E-state index in [0.717, 1.165) is 10.9 Å². The first-order valence-electron chi connectivity index (χ1n) is 9.30. The van der Waals surface area contributed by atoms with Gasteiger partial charge in [-0.1, -0.05) is 29.8 Å². The van der Waals surface area contributed by atoms with E-state index >= 15 is 0 Å². The Morgan fingerprint density at radius 3 is 2.43 bits per heavy atom. The highest BCUT2D eigenvalue weighted by Crippen LogP contribution is 2.27. The van der Waals surface area contributed by atoms with E-state index in [2.05, 4.69) is 5.32 Å². The Morgan fingerprint density at radius 1 is 1.10 bits per heavy atom. The number of aromatic nitrogens is 1. The fourth-order valence-corrected chi connectivity index (χ4v) is 3.26. The molecular weight excluding hydrogens is 425 g/mol. The molecular formula is C22H25Cl2N3O3. The Kier molecular flexibility index (Phi) is 8.29. The van der Waals surface area contributed by atoms with Crippen LogP contribution in [0.1, 0.15) is 16.1 Å². The van der Waals surface area contributed by atoms with E-state index in [-0.39, 0.29) is 19.0 Å². The summed E-state index contributed by atoms with van der Waals surface area (Å²) >= 11 is 5.92. The van der Waals surface area contributed by atoms with Gasteiger partial charge in [0, 0.05) is 36.1 Å². The Bertz CT molecular complexity index is 1030. The molecule has 1 N–H and O–H groups in total. The van der Waals surface area contributed by atoms with Gasteiger partial charge < -0.3 is 19.5 Å². The number of carbonyl (C=O) groups excluding carboxylic acids is 2. The highest BCUT2D eigenvalue weighted by atomic mass is 35.5. The number of Topliss-reactive ketones (excluding diaryl/α,β-unsaturated/α-hetero) is 1. The summed E-state index contributed by atoms with van der Waals surface area (Å²) in [5.41, 5.74) is 1.89. The molecule has 0 aliphatic heterocycles. The van der Waals surface area contributed by atoms with E-state index < -0.39 is 11.7 Å².